The van der Waals surface area contributed by atoms with Crippen molar-refractivity contribution in [1.82, 2.24) is 25.4 Å². The van der Waals surface area contributed by atoms with Gasteiger partial charge in [-0.05, 0) is 25.5 Å². The molecule has 1 heterocycles. The fourth-order valence-electron chi connectivity index (χ4n) is 2.15. The lowest BCUT2D eigenvalue weighted by Gasteiger charge is -2.20. The number of hydrogen-bond donors (Lipinski definition) is 2. The average Bonchev–Trinajstić information content (AvgIpc) is 3.02. The SMILES string of the molecule is CCNC(=NCc1ncnn1C)NCC(CC)Oc1ccccc1F. The van der Waals surface area contributed by atoms with Gasteiger partial charge < -0.3 is 15.4 Å². The van der Waals surface area contributed by atoms with Crippen molar-refractivity contribution in [1.29, 1.82) is 0 Å². The second-order valence-corrected chi connectivity index (χ2v) is 5.45. The lowest BCUT2D eigenvalue weighted by Crippen LogP contribution is -2.42. The largest absolute Gasteiger partial charge is 0.486 e. The Balaban J connectivity index is 1.94. The summed E-state index contributed by atoms with van der Waals surface area (Å²) in [6.07, 6.45) is 2.07. The van der Waals surface area contributed by atoms with E-state index in [9.17, 15) is 4.39 Å². The van der Waals surface area contributed by atoms with E-state index in [-0.39, 0.29) is 17.7 Å². The first-order valence-corrected chi connectivity index (χ1v) is 8.40. The minimum absolute atomic E-state index is 0.171. The van der Waals surface area contributed by atoms with Gasteiger partial charge in [-0.2, -0.15) is 5.10 Å². The molecule has 2 aromatic rings. The highest BCUT2D eigenvalue weighted by Crippen LogP contribution is 2.17. The van der Waals surface area contributed by atoms with Crippen LogP contribution in [0, 0.1) is 5.82 Å². The van der Waals surface area contributed by atoms with Gasteiger partial charge in [0.1, 0.15) is 24.8 Å². The molecule has 0 spiro atoms. The lowest BCUT2D eigenvalue weighted by atomic mass is 10.2. The molecule has 1 unspecified atom stereocenters. The molecule has 0 aliphatic carbocycles. The van der Waals surface area contributed by atoms with Crippen molar-refractivity contribution in [3.05, 3.63) is 42.2 Å². The number of guanidine groups is 1. The van der Waals surface area contributed by atoms with Gasteiger partial charge in [0, 0.05) is 13.6 Å². The minimum atomic E-state index is -0.358. The molecule has 8 heteroatoms. The Morgan fingerprint density at radius 1 is 1.32 bits per heavy atom. The Hall–Kier alpha value is -2.64. The second-order valence-electron chi connectivity index (χ2n) is 5.45. The van der Waals surface area contributed by atoms with Gasteiger partial charge in [-0.1, -0.05) is 19.1 Å². The molecule has 0 fully saturated rings. The molecule has 7 nitrogen and oxygen atoms in total. The predicted molar refractivity (Wildman–Crippen MR) is 94.9 cm³/mol. The minimum Gasteiger partial charge on any atom is -0.486 e. The van der Waals surface area contributed by atoms with Crippen LogP contribution < -0.4 is 15.4 Å². The number of nitrogens with zero attached hydrogens (tertiary/aromatic N) is 4. The monoisotopic (exact) mass is 348 g/mol. The maximum Gasteiger partial charge on any atom is 0.191 e. The van der Waals surface area contributed by atoms with Gasteiger partial charge in [0.25, 0.3) is 0 Å². The van der Waals surface area contributed by atoms with Crippen molar-refractivity contribution in [2.24, 2.45) is 12.0 Å². The fraction of sp³-hybridized carbons (Fsp3) is 0.471. The number of nitrogens with one attached hydrogen (secondary N) is 2. The molecule has 25 heavy (non-hydrogen) atoms. The lowest BCUT2D eigenvalue weighted by molar-refractivity contribution is 0.191. The van der Waals surface area contributed by atoms with E-state index in [0.717, 1.165) is 18.8 Å². The molecule has 0 saturated heterocycles. The van der Waals surface area contributed by atoms with Crippen LogP contribution in [0.2, 0.25) is 0 Å². The van der Waals surface area contributed by atoms with E-state index >= 15 is 0 Å². The predicted octanol–water partition coefficient (Wildman–Crippen LogP) is 1.87. The normalized spacial score (nSPS) is 12.7. The quantitative estimate of drug-likeness (QED) is 0.563. The Labute approximate surface area is 147 Å². The van der Waals surface area contributed by atoms with Crippen LogP contribution in [-0.4, -0.2) is 39.9 Å². The molecule has 0 saturated carbocycles. The third kappa shape index (κ3) is 5.74. The molecule has 0 bridgehead atoms. The Morgan fingerprint density at radius 2 is 2.12 bits per heavy atom. The molecule has 1 aromatic heterocycles. The Morgan fingerprint density at radius 3 is 2.76 bits per heavy atom. The average molecular weight is 348 g/mol. The summed E-state index contributed by atoms with van der Waals surface area (Å²) in [7, 11) is 1.83. The van der Waals surface area contributed by atoms with Crippen molar-refractivity contribution in [2.45, 2.75) is 32.9 Å². The van der Waals surface area contributed by atoms with E-state index in [1.54, 1.807) is 22.9 Å². The second kappa shape index (κ2) is 9.61. The molecule has 1 atom stereocenters. The molecule has 0 amide bonds. The van der Waals surface area contributed by atoms with Crippen molar-refractivity contribution in [3.8, 4) is 5.75 Å². The van der Waals surface area contributed by atoms with Crippen molar-refractivity contribution >= 4 is 5.96 Å². The van der Waals surface area contributed by atoms with Crippen LogP contribution in [0.1, 0.15) is 26.1 Å². The first-order chi connectivity index (χ1) is 12.1. The highest BCUT2D eigenvalue weighted by molar-refractivity contribution is 5.79. The molecule has 0 aliphatic heterocycles. The third-order valence-corrected chi connectivity index (χ3v) is 3.61. The number of aromatic nitrogens is 3. The van der Waals surface area contributed by atoms with E-state index in [4.69, 9.17) is 4.74 Å². The van der Waals surface area contributed by atoms with Crippen molar-refractivity contribution < 1.29 is 9.13 Å². The van der Waals surface area contributed by atoms with Crippen LogP contribution in [0.3, 0.4) is 0 Å². The number of hydrogen-bond acceptors (Lipinski definition) is 4. The summed E-state index contributed by atoms with van der Waals surface area (Å²) in [6, 6.07) is 6.42. The summed E-state index contributed by atoms with van der Waals surface area (Å²) in [6.45, 7) is 5.64. The summed E-state index contributed by atoms with van der Waals surface area (Å²) in [5.41, 5.74) is 0. The molecule has 0 aliphatic rings. The van der Waals surface area contributed by atoms with Gasteiger partial charge in [-0.15, -0.1) is 0 Å². The number of rotatable bonds is 8. The number of halogens is 1. The number of benzene rings is 1. The van der Waals surface area contributed by atoms with E-state index < -0.39 is 0 Å². The first-order valence-electron chi connectivity index (χ1n) is 8.40. The summed E-state index contributed by atoms with van der Waals surface area (Å²) >= 11 is 0. The summed E-state index contributed by atoms with van der Waals surface area (Å²) < 4.78 is 21.2. The zero-order valence-electron chi connectivity index (χ0n) is 14.9. The molecular weight excluding hydrogens is 323 g/mol. The van der Waals surface area contributed by atoms with Crippen LogP contribution in [-0.2, 0) is 13.6 Å². The number of para-hydroxylation sites is 1. The van der Waals surface area contributed by atoms with E-state index in [2.05, 4.69) is 25.7 Å². The van der Waals surface area contributed by atoms with Gasteiger partial charge in [0.05, 0.1) is 6.54 Å². The van der Waals surface area contributed by atoms with Crippen molar-refractivity contribution in [3.63, 3.8) is 0 Å². The smallest absolute Gasteiger partial charge is 0.191 e. The maximum absolute atomic E-state index is 13.7. The number of ether oxygens (including phenoxy) is 1. The topological polar surface area (TPSA) is 76.4 Å². The zero-order valence-corrected chi connectivity index (χ0v) is 14.9. The highest BCUT2D eigenvalue weighted by atomic mass is 19.1. The van der Waals surface area contributed by atoms with Crippen molar-refractivity contribution in [2.75, 3.05) is 13.1 Å². The molecule has 136 valence electrons. The van der Waals surface area contributed by atoms with Gasteiger partial charge in [-0.3, -0.25) is 4.68 Å². The van der Waals surface area contributed by atoms with Crippen LogP contribution in [0.15, 0.2) is 35.6 Å². The van der Waals surface area contributed by atoms with Gasteiger partial charge in [0.2, 0.25) is 0 Å². The van der Waals surface area contributed by atoms with Gasteiger partial charge >= 0.3 is 0 Å². The fourth-order valence-corrected chi connectivity index (χ4v) is 2.15. The standard InChI is InChI=1S/C17H25FN6O/c1-4-13(25-15-9-7-6-8-14(15)18)10-20-17(19-5-2)21-11-16-22-12-23-24(16)3/h6-9,12-13H,4-5,10-11H2,1-3H3,(H2,19,20,21). The molecule has 2 N–H and O–H groups in total. The molecule has 1 aromatic carbocycles. The molecule has 2 rings (SSSR count). The molecule has 0 radical (unpaired) electrons. The van der Waals surface area contributed by atoms with Gasteiger partial charge in [-0.25, -0.2) is 14.4 Å². The highest BCUT2D eigenvalue weighted by Gasteiger charge is 2.12. The maximum atomic E-state index is 13.7. The number of aryl methyl sites for hydroxylation is 1. The number of aliphatic imine (C=N–C) groups is 1. The van der Waals surface area contributed by atoms with Gasteiger partial charge in [0.15, 0.2) is 17.5 Å². The third-order valence-electron chi connectivity index (χ3n) is 3.61. The van der Waals surface area contributed by atoms with E-state index in [0.29, 0.717) is 19.0 Å². The van der Waals surface area contributed by atoms with Crippen LogP contribution in [0.25, 0.3) is 0 Å². The zero-order chi connectivity index (χ0) is 18.1. The first kappa shape index (κ1) is 18.7. The summed E-state index contributed by atoms with van der Waals surface area (Å²) in [5.74, 6) is 1.33. The molecular formula is C17H25FN6O. The Bertz CT molecular complexity index is 687. The van der Waals surface area contributed by atoms with Crippen LogP contribution in [0.5, 0.6) is 5.75 Å². The van der Waals surface area contributed by atoms with E-state index in [1.165, 1.54) is 12.4 Å². The van der Waals surface area contributed by atoms with Crippen LogP contribution >= 0.6 is 0 Å². The van der Waals surface area contributed by atoms with Crippen LogP contribution in [0.4, 0.5) is 4.39 Å². The summed E-state index contributed by atoms with van der Waals surface area (Å²) in [4.78, 5) is 8.64. The summed E-state index contributed by atoms with van der Waals surface area (Å²) in [5, 5.41) is 10.4. The Kier molecular flexibility index (Phi) is 7.18. The van der Waals surface area contributed by atoms with E-state index in [1.807, 2.05) is 20.9 Å².